The first kappa shape index (κ1) is 14.0. The fourth-order valence-electron chi connectivity index (χ4n) is 3.93. The van der Waals surface area contributed by atoms with Gasteiger partial charge in [-0.25, -0.2) is 4.98 Å². The minimum atomic E-state index is 0.690. The van der Waals surface area contributed by atoms with Gasteiger partial charge in [-0.2, -0.15) is 0 Å². The summed E-state index contributed by atoms with van der Waals surface area (Å²) >= 11 is 0. The lowest BCUT2D eigenvalue weighted by atomic mass is 9.81. The predicted molar refractivity (Wildman–Crippen MR) is 84.0 cm³/mol. The fraction of sp³-hybridized carbons (Fsp3) is 0.824. The third kappa shape index (κ3) is 3.36. The van der Waals surface area contributed by atoms with E-state index in [1.807, 2.05) is 6.20 Å². The zero-order valence-corrected chi connectivity index (χ0v) is 12.9. The van der Waals surface area contributed by atoms with Crippen molar-refractivity contribution in [3.63, 3.8) is 0 Å². The van der Waals surface area contributed by atoms with Crippen LogP contribution in [0.25, 0.3) is 0 Å². The van der Waals surface area contributed by atoms with Crippen molar-refractivity contribution >= 4 is 5.95 Å². The Balaban J connectivity index is 1.45. The molecule has 2 aliphatic carbocycles. The quantitative estimate of drug-likeness (QED) is 0.849. The highest BCUT2D eigenvalue weighted by Crippen LogP contribution is 2.32. The summed E-state index contributed by atoms with van der Waals surface area (Å²) in [6, 6.07) is 0.690. The maximum absolute atomic E-state index is 4.51. The number of nitrogens with one attached hydrogen (secondary N) is 1. The van der Waals surface area contributed by atoms with Crippen molar-refractivity contribution in [3.8, 4) is 0 Å². The second kappa shape index (κ2) is 6.64. The van der Waals surface area contributed by atoms with E-state index >= 15 is 0 Å². The minimum absolute atomic E-state index is 0.690. The van der Waals surface area contributed by atoms with Crippen LogP contribution in [0.15, 0.2) is 12.4 Å². The molecule has 112 valence electrons. The zero-order chi connectivity index (χ0) is 13.8. The topological polar surface area (TPSA) is 29.9 Å². The summed E-state index contributed by atoms with van der Waals surface area (Å²) in [4.78, 5) is 4.51. The molecule has 0 bridgehead atoms. The Morgan fingerprint density at radius 1 is 1.15 bits per heavy atom. The second-order valence-electron chi connectivity index (χ2n) is 6.94. The molecule has 0 atom stereocenters. The van der Waals surface area contributed by atoms with E-state index in [0.29, 0.717) is 6.04 Å². The molecule has 0 radical (unpaired) electrons. The number of aromatic nitrogens is 2. The van der Waals surface area contributed by atoms with Gasteiger partial charge in [0.2, 0.25) is 5.95 Å². The van der Waals surface area contributed by atoms with Gasteiger partial charge in [-0.1, -0.05) is 45.4 Å². The molecule has 0 unspecified atom stereocenters. The number of imidazole rings is 1. The number of rotatable bonds is 5. The molecule has 0 saturated heterocycles. The summed E-state index contributed by atoms with van der Waals surface area (Å²) in [6.45, 7) is 3.48. The Kier molecular flexibility index (Phi) is 4.64. The first-order valence-corrected chi connectivity index (χ1v) is 8.59. The summed E-state index contributed by atoms with van der Waals surface area (Å²) in [5.74, 6) is 3.00. The number of anilines is 1. The van der Waals surface area contributed by atoms with E-state index in [2.05, 4.69) is 28.0 Å². The van der Waals surface area contributed by atoms with Gasteiger partial charge in [-0.05, 0) is 31.1 Å². The summed E-state index contributed by atoms with van der Waals surface area (Å²) in [5.41, 5.74) is 0. The summed E-state index contributed by atoms with van der Waals surface area (Å²) in [5, 5.41) is 3.58. The predicted octanol–water partition coefficient (Wildman–Crippen LogP) is 4.63. The lowest BCUT2D eigenvalue weighted by Gasteiger charge is -2.26. The van der Waals surface area contributed by atoms with E-state index in [1.165, 1.54) is 57.8 Å². The monoisotopic (exact) mass is 275 g/mol. The molecule has 0 amide bonds. The van der Waals surface area contributed by atoms with Crippen molar-refractivity contribution in [2.24, 2.45) is 11.8 Å². The van der Waals surface area contributed by atoms with Gasteiger partial charge in [-0.3, -0.25) is 0 Å². The highest BCUT2D eigenvalue weighted by molar-refractivity contribution is 5.26. The van der Waals surface area contributed by atoms with Crippen molar-refractivity contribution in [2.45, 2.75) is 70.8 Å². The molecular formula is C17H29N3. The molecule has 3 heteroatoms. The van der Waals surface area contributed by atoms with Gasteiger partial charge in [0, 0.05) is 25.0 Å². The third-order valence-corrected chi connectivity index (χ3v) is 5.36. The Labute approximate surface area is 123 Å². The van der Waals surface area contributed by atoms with Gasteiger partial charge in [0.15, 0.2) is 0 Å². The molecule has 3 rings (SSSR count). The van der Waals surface area contributed by atoms with Crippen LogP contribution in [-0.4, -0.2) is 16.1 Å². The van der Waals surface area contributed by atoms with E-state index in [4.69, 9.17) is 0 Å². The average Bonchev–Trinajstić information content (AvgIpc) is 3.11. The maximum Gasteiger partial charge on any atom is 0.203 e. The second-order valence-corrected chi connectivity index (χ2v) is 6.94. The molecule has 3 nitrogen and oxygen atoms in total. The molecule has 2 saturated carbocycles. The van der Waals surface area contributed by atoms with Crippen molar-refractivity contribution in [1.82, 2.24) is 9.55 Å². The van der Waals surface area contributed by atoms with Crippen LogP contribution in [0.1, 0.15) is 70.8 Å². The lowest BCUT2D eigenvalue weighted by molar-refractivity contribution is 0.281. The first-order valence-electron chi connectivity index (χ1n) is 8.59. The van der Waals surface area contributed by atoms with Gasteiger partial charge >= 0.3 is 0 Å². The van der Waals surface area contributed by atoms with Crippen LogP contribution in [0.2, 0.25) is 0 Å². The van der Waals surface area contributed by atoms with Gasteiger partial charge in [0.1, 0.15) is 0 Å². The Bertz CT molecular complexity index is 398. The molecule has 0 spiro atoms. The number of nitrogens with zero attached hydrogens (tertiary/aromatic N) is 2. The normalized spacial score (nSPS) is 27.9. The van der Waals surface area contributed by atoms with E-state index in [0.717, 1.165) is 24.3 Å². The molecule has 20 heavy (non-hydrogen) atoms. The van der Waals surface area contributed by atoms with Crippen LogP contribution in [-0.2, 0) is 0 Å². The summed E-state index contributed by atoms with van der Waals surface area (Å²) in [7, 11) is 0. The van der Waals surface area contributed by atoms with Crippen LogP contribution in [0.3, 0.4) is 0 Å². The van der Waals surface area contributed by atoms with Gasteiger partial charge in [-0.15, -0.1) is 0 Å². The summed E-state index contributed by atoms with van der Waals surface area (Å²) < 4.78 is 2.37. The van der Waals surface area contributed by atoms with E-state index < -0.39 is 0 Å². The standard InChI is InChI=1S/C17H29N3/c1-14-6-8-15(9-7-14)10-11-18-17-19-12-13-20(17)16-4-2-3-5-16/h12-16H,2-11H2,1H3,(H,18,19). The van der Waals surface area contributed by atoms with Crippen molar-refractivity contribution in [2.75, 3.05) is 11.9 Å². The number of hydrogen-bond donors (Lipinski definition) is 1. The van der Waals surface area contributed by atoms with Crippen molar-refractivity contribution in [1.29, 1.82) is 0 Å². The molecule has 2 fully saturated rings. The van der Waals surface area contributed by atoms with Crippen LogP contribution in [0.5, 0.6) is 0 Å². The molecular weight excluding hydrogens is 246 g/mol. The van der Waals surface area contributed by atoms with E-state index in [9.17, 15) is 0 Å². The molecule has 1 aromatic rings. The van der Waals surface area contributed by atoms with Gasteiger partial charge < -0.3 is 9.88 Å². The third-order valence-electron chi connectivity index (χ3n) is 5.36. The number of hydrogen-bond acceptors (Lipinski definition) is 2. The first-order chi connectivity index (χ1) is 9.83. The van der Waals surface area contributed by atoms with E-state index in [1.54, 1.807) is 0 Å². The van der Waals surface area contributed by atoms with Crippen LogP contribution in [0, 0.1) is 11.8 Å². The largest absolute Gasteiger partial charge is 0.356 e. The maximum atomic E-state index is 4.51. The molecule has 1 N–H and O–H groups in total. The molecule has 0 aliphatic heterocycles. The zero-order valence-electron chi connectivity index (χ0n) is 12.9. The highest BCUT2D eigenvalue weighted by atomic mass is 15.2. The average molecular weight is 275 g/mol. The lowest BCUT2D eigenvalue weighted by Crippen LogP contribution is -2.17. The van der Waals surface area contributed by atoms with Crippen LogP contribution in [0.4, 0.5) is 5.95 Å². The Morgan fingerprint density at radius 3 is 2.65 bits per heavy atom. The van der Waals surface area contributed by atoms with Crippen molar-refractivity contribution < 1.29 is 0 Å². The molecule has 1 aromatic heterocycles. The highest BCUT2D eigenvalue weighted by Gasteiger charge is 2.20. The molecule has 1 heterocycles. The minimum Gasteiger partial charge on any atom is -0.356 e. The molecule has 2 aliphatic rings. The molecule has 0 aromatic carbocycles. The van der Waals surface area contributed by atoms with Gasteiger partial charge in [0.25, 0.3) is 0 Å². The van der Waals surface area contributed by atoms with Gasteiger partial charge in [0.05, 0.1) is 0 Å². The summed E-state index contributed by atoms with van der Waals surface area (Å²) in [6.07, 6.45) is 16.5. The van der Waals surface area contributed by atoms with Crippen LogP contribution >= 0.6 is 0 Å². The van der Waals surface area contributed by atoms with Crippen LogP contribution < -0.4 is 5.32 Å². The SMILES string of the molecule is CC1CCC(CCNc2nccn2C2CCCC2)CC1. The Hall–Kier alpha value is -0.990. The fourth-order valence-corrected chi connectivity index (χ4v) is 3.93. The Morgan fingerprint density at radius 2 is 1.90 bits per heavy atom. The van der Waals surface area contributed by atoms with Crippen molar-refractivity contribution in [3.05, 3.63) is 12.4 Å². The van der Waals surface area contributed by atoms with E-state index in [-0.39, 0.29) is 0 Å². The smallest absolute Gasteiger partial charge is 0.203 e.